The number of hydrogen-bond acceptors (Lipinski definition) is 5. The first-order valence-electron chi connectivity index (χ1n) is 9.50. The molecule has 4 aromatic rings. The van der Waals surface area contributed by atoms with Gasteiger partial charge in [0.15, 0.2) is 10.8 Å². The van der Waals surface area contributed by atoms with Crippen molar-refractivity contribution >= 4 is 22.3 Å². The van der Waals surface area contributed by atoms with Gasteiger partial charge in [-0.3, -0.25) is 0 Å². The molecule has 146 valence electrons. The fraction of sp³-hybridized carbons (Fsp3) is 0.250. The Morgan fingerprint density at radius 3 is 2.72 bits per heavy atom. The van der Waals surface area contributed by atoms with Crippen molar-refractivity contribution in [3.63, 3.8) is 0 Å². The van der Waals surface area contributed by atoms with Gasteiger partial charge in [0.05, 0.1) is 18.2 Å². The Labute approximate surface area is 174 Å². The third kappa shape index (κ3) is 4.18. The van der Waals surface area contributed by atoms with E-state index >= 15 is 0 Å². The Morgan fingerprint density at radius 1 is 1.14 bits per heavy atom. The third-order valence-corrected chi connectivity index (χ3v) is 5.56. The number of benzene rings is 2. The van der Waals surface area contributed by atoms with Crippen LogP contribution in [0.5, 0.6) is 5.75 Å². The molecule has 0 saturated heterocycles. The molecule has 5 heteroatoms. The van der Waals surface area contributed by atoms with Gasteiger partial charge in [0.25, 0.3) is 0 Å². The molecule has 2 heterocycles. The lowest BCUT2D eigenvalue weighted by atomic mass is 9.93. The van der Waals surface area contributed by atoms with Crippen LogP contribution < -0.4 is 4.74 Å². The molecule has 29 heavy (non-hydrogen) atoms. The van der Waals surface area contributed by atoms with Crippen LogP contribution in [-0.2, 0) is 18.4 Å². The molecule has 0 amide bonds. The number of aromatic nitrogens is 1. The molecule has 0 spiro atoms. The maximum absolute atomic E-state index is 8.97. The summed E-state index contributed by atoms with van der Waals surface area (Å²) in [6, 6.07) is 17.9. The number of nitriles is 1. The molecular formula is C24H22N2O2S. The molecule has 0 radical (unpaired) electrons. The molecular weight excluding hydrogens is 380 g/mol. The van der Waals surface area contributed by atoms with Crippen LogP contribution in [0.2, 0.25) is 0 Å². The molecule has 2 aromatic heterocycles. The molecule has 4 nitrogen and oxygen atoms in total. The summed E-state index contributed by atoms with van der Waals surface area (Å²) in [6.07, 6.45) is 0.338. The second-order valence-corrected chi connectivity index (χ2v) is 8.86. The summed E-state index contributed by atoms with van der Waals surface area (Å²) in [5.74, 6) is 1.54. The largest absolute Gasteiger partial charge is 0.489 e. The first kappa shape index (κ1) is 19.2. The van der Waals surface area contributed by atoms with Crippen molar-refractivity contribution in [3.05, 3.63) is 70.7 Å². The monoisotopic (exact) mass is 402 g/mol. The van der Waals surface area contributed by atoms with Gasteiger partial charge < -0.3 is 9.15 Å². The van der Waals surface area contributed by atoms with E-state index < -0.39 is 0 Å². The van der Waals surface area contributed by atoms with Gasteiger partial charge in [0.2, 0.25) is 0 Å². The van der Waals surface area contributed by atoms with E-state index in [1.165, 1.54) is 0 Å². The molecule has 0 atom stereocenters. The van der Waals surface area contributed by atoms with Crippen LogP contribution >= 0.6 is 11.3 Å². The second-order valence-electron chi connectivity index (χ2n) is 8.00. The van der Waals surface area contributed by atoms with Gasteiger partial charge in [-0.1, -0.05) is 45.0 Å². The lowest BCUT2D eigenvalue weighted by Crippen LogP contribution is -2.11. The van der Waals surface area contributed by atoms with Crippen molar-refractivity contribution in [2.75, 3.05) is 0 Å². The summed E-state index contributed by atoms with van der Waals surface area (Å²) >= 11 is 1.61. The summed E-state index contributed by atoms with van der Waals surface area (Å²) in [5.41, 5.74) is 3.88. The molecule has 0 unspecified atom stereocenters. The van der Waals surface area contributed by atoms with Gasteiger partial charge in [0.1, 0.15) is 17.9 Å². The third-order valence-electron chi connectivity index (χ3n) is 4.70. The van der Waals surface area contributed by atoms with E-state index in [1.54, 1.807) is 11.3 Å². The maximum Gasteiger partial charge on any atom is 0.164 e. The Balaban J connectivity index is 1.55. The van der Waals surface area contributed by atoms with E-state index in [-0.39, 0.29) is 5.41 Å². The lowest BCUT2D eigenvalue weighted by molar-refractivity contribution is 0.303. The molecule has 0 aliphatic heterocycles. The van der Waals surface area contributed by atoms with Gasteiger partial charge in [-0.2, -0.15) is 5.26 Å². The van der Waals surface area contributed by atoms with Crippen molar-refractivity contribution in [2.45, 2.75) is 39.2 Å². The zero-order chi connectivity index (χ0) is 20.4. The zero-order valence-electron chi connectivity index (χ0n) is 16.7. The fourth-order valence-corrected chi connectivity index (χ4v) is 4.05. The van der Waals surface area contributed by atoms with Crippen LogP contribution in [0.3, 0.4) is 0 Å². The van der Waals surface area contributed by atoms with Crippen LogP contribution in [0, 0.1) is 11.3 Å². The van der Waals surface area contributed by atoms with Crippen LogP contribution in [-0.4, -0.2) is 4.98 Å². The quantitative estimate of drug-likeness (QED) is 0.382. The van der Waals surface area contributed by atoms with Crippen LogP contribution in [0.25, 0.3) is 21.7 Å². The lowest BCUT2D eigenvalue weighted by Gasteiger charge is -2.13. The van der Waals surface area contributed by atoms with E-state index in [4.69, 9.17) is 19.4 Å². The molecule has 0 fully saturated rings. The molecule has 0 aliphatic carbocycles. The van der Waals surface area contributed by atoms with Gasteiger partial charge in [-0.25, -0.2) is 4.98 Å². The van der Waals surface area contributed by atoms with E-state index in [1.807, 2.05) is 42.5 Å². The van der Waals surface area contributed by atoms with Crippen molar-refractivity contribution in [3.8, 4) is 22.6 Å². The zero-order valence-corrected chi connectivity index (χ0v) is 17.5. The first-order chi connectivity index (χ1) is 13.9. The van der Waals surface area contributed by atoms with Crippen molar-refractivity contribution < 1.29 is 9.15 Å². The molecule has 0 bridgehead atoms. The molecule has 4 rings (SSSR count). The van der Waals surface area contributed by atoms with Gasteiger partial charge in [0, 0.05) is 21.7 Å². The van der Waals surface area contributed by atoms with E-state index in [0.29, 0.717) is 13.0 Å². The average Bonchev–Trinajstić information content (AvgIpc) is 3.34. The number of nitrogens with zero attached hydrogens (tertiary/aromatic N) is 2. The van der Waals surface area contributed by atoms with Crippen molar-refractivity contribution in [2.24, 2.45) is 0 Å². The number of para-hydroxylation sites is 1. The highest BCUT2D eigenvalue weighted by molar-refractivity contribution is 7.13. The highest BCUT2D eigenvalue weighted by Crippen LogP contribution is 2.33. The normalized spacial score (nSPS) is 11.5. The highest BCUT2D eigenvalue weighted by atomic mass is 32.1. The number of hydrogen-bond donors (Lipinski definition) is 0. The van der Waals surface area contributed by atoms with Crippen LogP contribution in [0.1, 0.15) is 37.6 Å². The van der Waals surface area contributed by atoms with E-state index in [2.05, 4.69) is 38.3 Å². The Morgan fingerprint density at radius 2 is 1.97 bits per heavy atom. The minimum absolute atomic E-state index is 0.0209. The summed E-state index contributed by atoms with van der Waals surface area (Å²) in [5, 5.41) is 13.0. The minimum Gasteiger partial charge on any atom is -0.489 e. The van der Waals surface area contributed by atoms with Gasteiger partial charge in [-0.15, -0.1) is 11.3 Å². The van der Waals surface area contributed by atoms with Crippen LogP contribution in [0.4, 0.5) is 0 Å². The Kier molecular flexibility index (Phi) is 5.12. The van der Waals surface area contributed by atoms with E-state index in [9.17, 15) is 0 Å². The molecule has 2 aromatic carbocycles. The average molecular weight is 403 g/mol. The maximum atomic E-state index is 8.97. The van der Waals surface area contributed by atoms with Crippen molar-refractivity contribution in [1.82, 2.24) is 4.98 Å². The standard InChI is InChI=1S/C24H22N2O2S/c1-24(2,3)22-15-29-23(26-22)21-13-18-12-16(8-9-20(18)28-21)14-27-19-7-5-4-6-17(19)10-11-25/h4-9,12-13,15H,10,14H2,1-3H3. The number of ether oxygens (including phenoxy) is 1. The summed E-state index contributed by atoms with van der Waals surface area (Å²) in [4.78, 5) is 4.75. The summed E-state index contributed by atoms with van der Waals surface area (Å²) in [6.45, 7) is 6.91. The Hall–Kier alpha value is -3.10. The van der Waals surface area contributed by atoms with Gasteiger partial charge >= 0.3 is 0 Å². The predicted molar refractivity (Wildman–Crippen MR) is 116 cm³/mol. The number of thiazole rings is 1. The van der Waals surface area contributed by atoms with Gasteiger partial charge in [-0.05, 0) is 29.8 Å². The van der Waals surface area contributed by atoms with E-state index in [0.717, 1.165) is 44.3 Å². The second kappa shape index (κ2) is 7.73. The van der Waals surface area contributed by atoms with Crippen molar-refractivity contribution in [1.29, 1.82) is 5.26 Å². The number of rotatable bonds is 5. The predicted octanol–water partition coefficient (Wildman–Crippen LogP) is 6.50. The minimum atomic E-state index is 0.0209. The fourth-order valence-electron chi connectivity index (χ4n) is 3.06. The smallest absolute Gasteiger partial charge is 0.164 e. The molecule has 0 aliphatic rings. The number of fused-ring (bicyclic) bond motifs is 1. The SMILES string of the molecule is CC(C)(C)c1csc(-c2cc3cc(COc4ccccc4CC#N)ccc3o2)n1. The first-order valence-corrected chi connectivity index (χ1v) is 10.4. The Bertz CT molecular complexity index is 1190. The topological polar surface area (TPSA) is 59.0 Å². The molecule has 0 saturated carbocycles. The molecule has 0 N–H and O–H groups in total. The highest BCUT2D eigenvalue weighted by Gasteiger charge is 2.19. The van der Waals surface area contributed by atoms with Crippen LogP contribution in [0.15, 0.2) is 58.3 Å². The summed E-state index contributed by atoms with van der Waals surface area (Å²) < 4.78 is 12.0. The number of furan rings is 1. The summed E-state index contributed by atoms with van der Waals surface area (Å²) in [7, 11) is 0.